The first-order chi connectivity index (χ1) is 9.66. The normalized spacial score (nSPS) is 22.9. The Balaban J connectivity index is 2.42. The van der Waals surface area contributed by atoms with Gasteiger partial charge in [-0.2, -0.15) is 4.31 Å². The van der Waals surface area contributed by atoms with Gasteiger partial charge in [0.15, 0.2) is 4.90 Å². The number of para-hydroxylation sites is 1. The Morgan fingerprint density at radius 1 is 1.38 bits per heavy atom. The first-order valence-corrected chi connectivity index (χ1v) is 8.09. The van der Waals surface area contributed by atoms with Crippen molar-refractivity contribution in [1.82, 2.24) is 4.31 Å². The molecule has 0 saturated carbocycles. The summed E-state index contributed by atoms with van der Waals surface area (Å²) < 4.78 is 26.7. The van der Waals surface area contributed by atoms with Crippen LogP contribution in [0.1, 0.15) is 20.3 Å². The number of hydrogen-bond acceptors (Lipinski definition) is 5. The molecule has 1 saturated heterocycles. The largest absolute Gasteiger partial charge is 0.327 e. The summed E-state index contributed by atoms with van der Waals surface area (Å²) in [6, 6.07) is 5.33. The quantitative estimate of drug-likeness (QED) is 0.669. The van der Waals surface area contributed by atoms with Gasteiger partial charge in [-0.05, 0) is 17.9 Å². The molecule has 1 aliphatic rings. The van der Waals surface area contributed by atoms with E-state index < -0.39 is 20.6 Å². The van der Waals surface area contributed by atoms with Crippen molar-refractivity contribution in [2.75, 3.05) is 13.1 Å². The number of nitro groups is 1. The van der Waals surface area contributed by atoms with Gasteiger partial charge in [0.2, 0.25) is 10.0 Å². The van der Waals surface area contributed by atoms with Gasteiger partial charge in [0.25, 0.3) is 5.69 Å². The molecular weight excluding hydrogens is 294 g/mol. The van der Waals surface area contributed by atoms with Crippen molar-refractivity contribution >= 4 is 15.7 Å². The maximum Gasteiger partial charge on any atom is 0.289 e. The highest BCUT2D eigenvalue weighted by Gasteiger charge is 2.40. The van der Waals surface area contributed by atoms with Crippen molar-refractivity contribution in [3.63, 3.8) is 0 Å². The lowest BCUT2D eigenvalue weighted by molar-refractivity contribution is -0.387. The summed E-state index contributed by atoms with van der Waals surface area (Å²) in [5.74, 6) is 0. The van der Waals surface area contributed by atoms with E-state index in [1.165, 1.54) is 28.6 Å². The second-order valence-corrected chi connectivity index (χ2v) is 7.85. The van der Waals surface area contributed by atoms with Crippen LogP contribution in [0.2, 0.25) is 0 Å². The maximum absolute atomic E-state index is 12.7. The second-order valence-electron chi connectivity index (χ2n) is 5.95. The van der Waals surface area contributed by atoms with E-state index in [-0.39, 0.29) is 29.4 Å². The van der Waals surface area contributed by atoms with Crippen LogP contribution >= 0.6 is 0 Å². The zero-order valence-corrected chi connectivity index (χ0v) is 12.8. The molecule has 1 fully saturated rings. The SMILES string of the molecule is CC1(C)CN(S(=O)(=O)c2ccccc2[N+](=O)[O-])CCC1N. The van der Waals surface area contributed by atoms with E-state index >= 15 is 0 Å². The molecule has 2 N–H and O–H groups in total. The standard InChI is InChI=1S/C13H19N3O4S/c1-13(2)9-15(8-7-12(13)14)21(19,20)11-6-4-3-5-10(11)16(17)18/h3-6,12H,7-9,14H2,1-2H3. The number of hydrogen-bond donors (Lipinski definition) is 1. The van der Waals surface area contributed by atoms with Crippen LogP contribution in [0.3, 0.4) is 0 Å². The molecule has 1 aromatic carbocycles. The zero-order chi connectivity index (χ0) is 15.8. The Morgan fingerprint density at radius 3 is 2.57 bits per heavy atom. The zero-order valence-electron chi connectivity index (χ0n) is 12.0. The molecule has 0 aliphatic carbocycles. The van der Waals surface area contributed by atoms with Gasteiger partial charge in [-0.15, -0.1) is 0 Å². The molecule has 1 aliphatic heterocycles. The highest BCUT2D eigenvalue weighted by atomic mass is 32.2. The molecule has 1 atom stereocenters. The minimum absolute atomic E-state index is 0.0882. The Hall–Kier alpha value is -1.51. The minimum Gasteiger partial charge on any atom is -0.327 e. The van der Waals surface area contributed by atoms with Gasteiger partial charge >= 0.3 is 0 Å². The second kappa shape index (κ2) is 5.36. The van der Waals surface area contributed by atoms with Crippen LogP contribution in [0.4, 0.5) is 5.69 Å². The molecule has 0 radical (unpaired) electrons. The van der Waals surface area contributed by atoms with Crippen molar-refractivity contribution in [3.8, 4) is 0 Å². The van der Waals surface area contributed by atoms with Gasteiger partial charge < -0.3 is 5.73 Å². The number of rotatable bonds is 3. The van der Waals surface area contributed by atoms with Crippen molar-refractivity contribution in [2.24, 2.45) is 11.1 Å². The summed E-state index contributed by atoms with van der Waals surface area (Å²) in [5, 5.41) is 11.0. The van der Waals surface area contributed by atoms with E-state index in [4.69, 9.17) is 5.73 Å². The minimum atomic E-state index is -3.90. The van der Waals surface area contributed by atoms with E-state index in [2.05, 4.69) is 0 Å². The molecule has 2 rings (SSSR count). The molecule has 1 heterocycles. The summed E-state index contributed by atoms with van der Waals surface area (Å²) in [6.07, 6.45) is 0.535. The van der Waals surface area contributed by atoms with Crippen LogP contribution in [0.15, 0.2) is 29.2 Å². The predicted molar refractivity (Wildman–Crippen MR) is 78.2 cm³/mol. The molecule has 116 valence electrons. The fourth-order valence-electron chi connectivity index (χ4n) is 2.50. The van der Waals surface area contributed by atoms with Gasteiger partial charge in [-0.1, -0.05) is 26.0 Å². The fourth-order valence-corrected chi connectivity index (χ4v) is 4.28. The maximum atomic E-state index is 12.7. The molecule has 21 heavy (non-hydrogen) atoms. The lowest BCUT2D eigenvalue weighted by Crippen LogP contribution is -2.53. The highest BCUT2D eigenvalue weighted by Crippen LogP contribution is 2.33. The third-order valence-electron chi connectivity index (χ3n) is 3.96. The Bertz CT molecular complexity index is 657. The Kier molecular flexibility index (Phi) is 4.05. The first-order valence-electron chi connectivity index (χ1n) is 6.65. The van der Waals surface area contributed by atoms with E-state index in [0.717, 1.165) is 0 Å². The molecule has 1 unspecified atom stereocenters. The molecule has 0 amide bonds. The van der Waals surface area contributed by atoms with Crippen molar-refractivity contribution in [3.05, 3.63) is 34.4 Å². The Labute approximate surface area is 123 Å². The molecule has 7 nitrogen and oxygen atoms in total. The molecule has 0 bridgehead atoms. The summed E-state index contributed by atoms with van der Waals surface area (Å²) in [7, 11) is -3.90. The van der Waals surface area contributed by atoms with Gasteiger partial charge in [-0.25, -0.2) is 8.42 Å². The van der Waals surface area contributed by atoms with Crippen LogP contribution in [0.5, 0.6) is 0 Å². The molecule has 0 spiro atoms. The smallest absolute Gasteiger partial charge is 0.289 e. The third kappa shape index (κ3) is 2.92. The number of piperidine rings is 1. The first kappa shape index (κ1) is 15.9. The Morgan fingerprint density at radius 2 is 2.00 bits per heavy atom. The number of nitrogens with zero attached hydrogens (tertiary/aromatic N) is 2. The molecule has 8 heteroatoms. The van der Waals surface area contributed by atoms with Crippen LogP contribution in [0.25, 0.3) is 0 Å². The van der Waals surface area contributed by atoms with Crippen molar-refractivity contribution < 1.29 is 13.3 Å². The van der Waals surface area contributed by atoms with Gasteiger partial charge in [0, 0.05) is 25.2 Å². The van der Waals surface area contributed by atoms with Gasteiger partial charge in [0.1, 0.15) is 0 Å². The predicted octanol–water partition coefficient (Wildman–Crippen LogP) is 1.34. The van der Waals surface area contributed by atoms with Gasteiger partial charge in [-0.3, -0.25) is 10.1 Å². The molecule has 0 aromatic heterocycles. The van der Waals surface area contributed by atoms with Crippen LogP contribution < -0.4 is 5.73 Å². The number of sulfonamides is 1. The lowest BCUT2D eigenvalue weighted by atomic mass is 9.81. The summed E-state index contributed by atoms with van der Waals surface area (Å²) in [6.45, 7) is 4.33. The topological polar surface area (TPSA) is 107 Å². The van der Waals surface area contributed by atoms with E-state index in [0.29, 0.717) is 6.42 Å². The summed E-state index contributed by atoms with van der Waals surface area (Å²) in [5.41, 5.74) is 5.24. The number of nitro benzene ring substituents is 1. The summed E-state index contributed by atoms with van der Waals surface area (Å²) >= 11 is 0. The third-order valence-corrected chi connectivity index (χ3v) is 5.85. The lowest BCUT2D eigenvalue weighted by Gasteiger charge is -2.41. The highest BCUT2D eigenvalue weighted by molar-refractivity contribution is 7.89. The fraction of sp³-hybridized carbons (Fsp3) is 0.538. The van der Waals surface area contributed by atoms with E-state index in [1.54, 1.807) is 0 Å². The number of benzene rings is 1. The van der Waals surface area contributed by atoms with Crippen LogP contribution in [0, 0.1) is 15.5 Å². The monoisotopic (exact) mass is 313 g/mol. The summed E-state index contributed by atoms with van der Waals surface area (Å²) in [4.78, 5) is 10.1. The van der Waals surface area contributed by atoms with E-state index in [1.807, 2.05) is 13.8 Å². The van der Waals surface area contributed by atoms with Crippen molar-refractivity contribution in [2.45, 2.75) is 31.2 Å². The van der Waals surface area contributed by atoms with E-state index in [9.17, 15) is 18.5 Å². The average Bonchev–Trinajstić information content (AvgIpc) is 2.41. The average molecular weight is 313 g/mol. The number of nitrogens with two attached hydrogens (primary N) is 1. The van der Waals surface area contributed by atoms with Gasteiger partial charge in [0.05, 0.1) is 4.92 Å². The van der Waals surface area contributed by atoms with Crippen LogP contribution in [-0.2, 0) is 10.0 Å². The molecule has 1 aromatic rings. The molecular formula is C13H19N3O4S. The van der Waals surface area contributed by atoms with Crippen molar-refractivity contribution in [1.29, 1.82) is 0 Å². The van der Waals surface area contributed by atoms with Crippen LogP contribution in [-0.4, -0.2) is 36.8 Å².